The standard InChI is InChI=1S/C18H12BrIN8O/c19-10-4-3-5-11-13(10)18(29)28(26-6-1-2-7-26)12(24-11)8-27-17-14(15(20)25-27)16(21)22-9-23-17/h1-7,9H,8H2,(H2,21,22,23). The fraction of sp³-hybridized carbons (Fsp3) is 0.0556. The van der Waals surface area contributed by atoms with Gasteiger partial charge in [-0.05, 0) is 62.8 Å². The predicted octanol–water partition coefficient (Wildman–Crippen LogP) is 2.65. The van der Waals surface area contributed by atoms with E-state index >= 15 is 0 Å². The number of rotatable bonds is 3. The Balaban J connectivity index is 1.79. The average molecular weight is 563 g/mol. The Labute approximate surface area is 185 Å². The molecule has 0 radical (unpaired) electrons. The first kappa shape index (κ1) is 18.2. The Morgan fingerprint density at radius 2 is 1.90 bits per heavy atom. The molecule has 0 atom stereocenters. The van der Waals surface area contributed by atoms with Gasteiger partial charge in [0.1, 0.15) is 22.4 Å². The minimum Gasteiger partial charge on any atom is -0.383 e. The topological polar surface area (TPSA) is 109 Å². The molecular formula is C18H12BrIN8O. The van der Waals surface area contributed by atoms with Crippen LogP contribution in [0.5, 0.6) is 0 Å². The molecule has 0 bridgehead atoms. The highest BCUT2D eigenvalue weighted by molar-refractivity contribution is 14.1. The molecule has 2 N–H and O–H groups in total. The number of hydrogen-bond acceptors (Lipinski definition) is 6. The summed E-state index contributed by atoms with van der Waals surface area (Å²) in [6.45, 7) is 0.228. The van der Waals surface area contributed by atoms with Gasteiger partial charge in [-0.25, -0.2) is 19.6 Å². The quantitative estimate of drug-likeness (QED) is 0.339. The van der Waals surface area contributed by atoms with Crippen molar-refractivity contribution in [3.63, 3.8) is 0 Å². The molecular weight excluding hydrogens is 551 g/mol. The second kappa shape index (κ2) is 6.91. The lowest BCUT2D eigenvalue weighted by molar-refractivity contribution is 0.546. The van der Waals surface area contributed by atoms with E-state index in [4.69, 9.17) is 10.7 Å². The Morgan fingerprint density at radius 3 is 2.69 bits per heavy atom. The van der Waals surface area contributed by atoms with Gasteiger partial charge in [-0.2, -0.15) is 9.77 Å². The lowest BCUT2D eigenvalue weighted by atomic mass is 10.2. The van der Waals surface area contributed by atoms with Crippen LogP contribution in [0.2, 0.25) is 0 Å². The molecule has 0 saturated heterocycles. The number of anilines is 1. The monoisotopic (exact) mass is 562 g/mol. The number of nitrogen functional groups attached to an aromatic ring is 1. The van der Waals surface area contributed by atoms with E-state index in [0.29, 0.717) is 41.8 Å². The molecule has 0 aliphatic rings. The lowest BCUT2D eigenvalue weighted by Crippen LogP contribution is -2.31. The molecule has 0 aliphatic heterocycles. The van der Waals surface area contributed by atoms with Gasteiger partial charge in [0, 0.05) is 16.9 Å². The van der Waals surface area contributed by atoms with Crippen molar-refractivity contribution in [3.8, 4) is 0 Å². The number of hydrogen-bond donors (Lipinski definition) is 1. The summed E-state index contributed by atoms with van der Waals surface area (Å²) in [7, 11) is 0. The van der Waals surface area contributed by atoms with Crippen molar-refractivity contribution in [2.45, 2.75) is 6.54 Å². The Bertz CT molecular complexity index is 1440. The molecule has 29 heavy (non-hydrogen) atoms. The normalized spacial score (nSPS) is 11.5. The maximum atomic E-state index is 13.4. The zero-order valence-electron chi connectivity index (χ0n) is 14.7. The highest BCUT2D eigenvalue weighted by Gasteiger charge is 2.18. The van der Waals surface area contributed by atoms with E-state index in [2.05, 4.69) is 53.6 Å². The van der Waals surface area contributed by atoms with Crippen molar-refractivity contribution < 1.29 is 0 Å². The van der Waals surface area contributed by atoms with Gasteiger partial charge in [0.15, 0.2) is 11.5 Å². The summed E-state index contributed by atoms with van der Waals surface area (Å²) in [4.78, 5) is 26.5. The summed E-state index contributed by atoms with van der Waals surface area (Å²) < 4.78 is 6.29. The summed E-state index contributed by atoms with van der Waals surface area (Å²) in [6.07, 6.45) is 4.98. The molecule has 4 heterocycles. The Morgan fingerprint density at radius 1 is 1.10 bits per heavy atom. The third-order valence-corrected chi connectivity index (χ3v) is 5.93. The van der Waals surface area contributed by atoms with Crippen LogP contribution in [0.4, 0.5) is 5.82 Å². The Kier molecular flexibility index (Phi) is 4.35. The summed E-state index contributed by atoms with van der Waals surface area (Å²) in [5.41, 5.74) is 7.00. The van der Waals surface area contributed by atoms with Gasteiger partial charge in [-0.1, -0.05) is 6.07 Å². The van der Waals surface area contributed by atoms with Crippen LogP contribution in [-0.2, 0) is 6.54 Å². The maximum Gasteiger partial charge on any atom is 0.281 e. The summed E-state index contributed by atoms with van der Waals surface area (Å²) in [6, 6.07) is 9.19. The molecule has 11 heteroatoms. The van der Waals surface area contributed by atoms with Crippen LogP contribution in [0.1, 0.15) is 5.82 Å². The molecule has 0 fully saturated rings. The average Bonchev–Trinajstić information content (AvgIpc) is 3.31. The fourth-order valence-electron chi connectivity index (χ4n) is 3.26. The minimum atomic E-state index is -0.186. The molecule has 0 amide bonds. The summed E-state index contributed by atoms with van der Waals surface area (Å²) in [5, 5.41) is 5.74. The molecule has 1 aromatic carbocycles. The van der Waals surface area contributed by atoms with E-state index in [1.807, 2.05) is 30.3 Å². The van der Waals surface area contributed by atoms with E-state index in [9.17, 15) is 4.79 Å². The first-order chi connectivity index (χ1) is 14.0. The van der Waals surface area contributed by atoms with Gasteiger partial charge in [0.25, 0.3) is 5.56 Å². The number of halogens is 2. The predicted molar refractivity (Wildman–Crippen MR) is 120 cm³/mol. The zero-order chi connectivity index (χ0) is 20.1. The van der Waals surface area contributed by atoms with E-state index in [0.717, 1.165) is 0 Å². The van der Waals surface area contributed by atoms with Crippen LogP contribution in [-0.4, -0.2) is 34.1 Å². The number of nitrogens with zero attached hydrogens (tertiary/aromatic N) is 7. The number of benzene rings is 1. The van der Waals surface area contributed by atoms with Crippen molar-refractivity contribution in [1.82, 2.24) is 34.1 Å². The SMILES string of the molecule is Nc1ncnc2c1c(I)nn2Cc1nc2cccc(Br)c2c(=O)n1-n1cccc1. The third kappa shape index (κ3) is 2.92. The third-order valence-electron chi connectivity index (χ3n) is 4.52. The van der Waals surface area contributed by atoms with Crippen molar-refractivity contribution in [2.75, 3.05) is 5.73 Å². The van der Waals surface area contributed by atoms with Crippen molar-refractivity contribution in [2.24, 2.45) is 0 Å². The molecule has 4 aromatic heterocycles. The summed E-state index contributed by atoms with van der Waals surface area (Å²) >= 11 is 5.57. The van der Waals surface area contributed by atoms with Gasteiger partial charge in [0.2, 0.25) is 0 Å². The fourth-order valence-corrected chi connectivity index (χ4v) is 4.56. The highest BCUT2D eigenvalue weighted by Crippen LogP contribution is 2.24. The molecule has 5 rings (SSSR count). The van der Waals surface area contributed by atoms with Crippen LogP contribution < -0.4 is 11.3 Å². The molecule has 0 spiro atoms. The lowest BCUT2D eigenvalue weighted by Gasteiger charge is -2.15. The van der Waals surface area contributed by atoms with Crippen LogP contribution in [0.25, 0.3) is 21.9 Å². The van der Waals surface area contributed by atoms with E-state index < -0.39 is 0 Å². The molecule has 5 aromatic rings. The van der Waals surface area contributed by atoms with Crippen molar-refractivity contribution in [3.05, 3.63) is 73.4 Å². The van der Waals surface area contributed by atoms with Crippen molar-refractivity contribution in [1.29, 1.82) is 0 Å². The molecule has 0 aliphatic carbocycles. The first-order valence-corrected chi connectivity index (χ1v) is 10.4. The maximum absolute atomic E-state index is 13.4. The summed E-state index contributed by atoms with van der Waals surface area (Å²) in [5.74, 6) is 0.874. The van der Waals surface area contributed by atoms with E-state index in [-0.39, 0.29) is 12.1 Å². The van der Waals surface area contributed by atoms with E-state index in [1.54, 1.807) is 21.8 Å². The first-order valence-electron chi connectivity index (χ1n) is 8.51. The van der Waals surface area contributed by atoms with Crippen LogP contribution >= 0.6 is 38.5 Å². The minimum absolute atomic E-state index is 0.186. The number of aromatic nitrogens is 7. The zero-order valence-corrected chi connectivity index (χ0v) is 18.4. The van der Waals surface area contributed by atoms with Crippen LogP contribution in [0.15, 0.2) is 58.3 Å². The van der Waals surface area contributed by atoms with Gasteiger partial charge in [-0.3, -0.25) is 9.47 Å². The van der Waals surface area contributed by atoms with Gasteiger partial charge in [0.05, 0.1) is 16.3 Å². The molecule has 0 saturated carbocycles. The smallest absolute Gasteiger partial charge is 0.281 e. The van der Waals surface area contributed by atoms with E-state index in [1.165, 1.54) is 11.0 Å². The van der Waals surface area contributed by atoms with Crippen LogP contribution in [0.3, 0.4) is 0 Å². The second-order valence-electron chi connectivity index (χ2n) is 6.25. The molecule has 144 valence electrons. The Hall–Kier alpha value is -2.80. The van der Waals surface area contributed by atoms with Gasteiger partial charge < -0.3 is 5.73 Å². The largest absolute Gasteiger partial charge is 0.383 e. The number of fused-ring (bicyclic) bond motifs is 2. The second-order valence-corrected chi connectivity index (χ2v) is 8.12. The molecule has 9 nitrogen and oxygen atoms in total. The number of nitrogens with two attached hydrogens (primary N) is 1. The molecule has 0 unspecified atom stereocenters. The highest BCUT2D eigenvalue weighted by atomic mass is 127. The van der Waals surface area contributed by atoms with Gasteiger partial charge >= 0.3 is 0 Å². The van der Waals surface area contributed by atoms with Crippen molar-refractivity contribution >= 4 is 66.3 Å². The van der Waals surface area contributed by atoms with Crippen LogP contribution in [0, 0.1) is 3.70 Å². The van der Waals surface area contributed by atoms with Gasteiger partial charge in [-0.15, -0.1) is 0 Å².